The van der Waals surface area contributed by atoms with E-state index in [1.54, 1.807) is 30.3 Å². The molecule has 3 rings (SSSR count). The summed E-state index contributed by atoms with van der Waals surface area (Å²) in [6.07, 6.45) is 0. The summed E-state index contributed by atoms with van der Waals surface area (Å²) in [6.45, 7) is 3.75. The fourth-order valence-electron chi connectivity index (χ4n) is 2.86. The predicted molar refractivity (Wildman–Crippen MR) is 115 cm³/mol. The van der Waals surface area contributed by atoms with Crippen LogP contribution in [0.3, 0.4) is 0 Å². The van der Waals surface area contributed by atoms with Crippen molar-refractivity contribution < 1.29 is 27.6 Å². The van der Waals surface area contributed by atoms with Gasteiger partial charge in [-0.25, -0.2) is 18.4 Å². The number of esters is 1. The molecule has 0 spiro atoms. The van der Waals surface area contributed by atoms with Crippen molar-refractivity contribution in [3.8, 4) is 11.3 Å². The van der Waals surface area contributed by atoms with Gasteiger partial charge in [0.05, 0.1) is 12.8 Å². The Morgan fingerprint density at radius 2 is 1.75 bits per heavy atom. The summed E-state index contributed by atoms with van der Waals surface area (Å²) in [4.78, 5) is 23.9. The predicted octanol–water partition coefficient (Wildman–Crippen LogP) is 4.87. The van der Waals surface area contributed by atoms with Crippen molar-refractivity contribution in [2.24, 2.45) is 5.92 Å². The molecule has 1 heterocycles. The molecule has 8 nitrogen and oxygen atoms in total. The maximum Gasteiger partial charge on any atom is 0.328 e. The van der Waals surface area contributed by atoms with E-state index in [9.17, 15) is 18.4 Å². The third-order valence-electron chi connectivity index (χ3n) is 4.55. The number of hydrogen-bond donors (Lipinski definition) is 3. The normalized spacial score (nSPS) is 11.7. The Kier molecular flexibility index (Phi) is 7.04. The average molecular weight is 444 g/mol. The van der Waals surface area contributed by atoms with Gasteiger partial charge in [0, 0.05) is 23.4 Å². The number of urea groups is 1. The third kappa shape index (κ3) is 5.60. The number of nitrogens with one attached hydrogen (secondary N) is 3. The van der Waals surface area contributed by atoms with Gasteiger partial charge in [-0.05, 0) is 30.2 Å². The van der Waals surface area contributed by atoms with Crippen LogP contribution in [0.2, 0.25) is 0 Å². The summed E-state index contributed by atoms with van der Waals surface area (Å²) in [5, 5.41) is 11.8. The van der Waals surface area contributed by atoms with Crippen LogP contribution in [-0.4, -0.2) is 30.3 Å². The molecule has 0 aliphatic rings. The number of hydrogen-bond acceptors (Lipinski definition) is 6. The fraction of sp³-hybridized carbons (Fsp3) is 0.227. The molecule has 0 radical (unpaired) electrons. The van der Waals surface area contributed by atoms with Crippen molar-refractivity contribution >= 4 is 29.3 Å². The lowest BCUT2D eigenvalue weighted by molar-refractivity contribution is -0.142. The van der Waals surface area contributed by atoms with E-state index in [2.05, 4.69) is 21.1 Å². The highest BCUT2D eigenvalue weighted by molar-refractivity contribution is 5.99. The number of aromatic nitrogens is 1. The van der Waals surface area contributed by atoms with Gasteiger partial charge in [0.15, 0.2) is 0 Å². The van der Waals surface area contributed by atoms with Crippen molar-refractivity contribution in [1.82, 2.24) is 5.16 Å². The fourth-order valence-corrected chi connectivity index (χ4v) is 2.86. The number of carbonyl (C=O) groups excluding carboxylic acids is 2. The number of methoxy groups -OCH3 is 1. The highest BCUT2D eigenvalue weighted by Gasteiger charge is 2.24. The number of nitrogens with zero attached hydrogens (tertiary/aromatic N) is 1. The Hall–Kier alpha value is -3.95. The smallest absolute Gasteiger partial charge is 0.328 e. The third-order valence-corrected chi connectivity index (χ3v) is 4.55. The monoisotopic (exact) mass is 444 g/mol. The topological polar surface area (TPSA) is 105 Å². The number of rotatable bonds is 7. The first-order chi connectivity index (χ1) is 15.3. The van der Waals surface area contributed by atoms with Gasteiger partial charge in [0.25, 0.3) is 0 Å². The zero-order valence-electron chi connectivity index (χ0n) is 17.6. The Morgan fingerprint density at radius 3 is 2.38 bits per heavy atom. The van der Waals surface area contributed by atoms with Crippen LogP contribution in [-0.2, 0) is 9.53 Å². The number of ether oxygens (including phenoxy) is 1. The van der Waals surface area contributed by atoms with Crippen molar-refractivity contribution in [3.05, 3.63) is 60.2 Å². The van der Waals surface area contributed by atoms with Crippen LogP contribution in [0.5, 0.6) is 0 Å². The summed E-state index contributed by atoms with van der Waals surface area (Å²) < 4.78 is 36.7. The molecule has 1 unspecified atom stereocenters. The lowest BCUT2D eigenvalue weighted by Crippen LogP contribution is -2.35. The molecule has 0 bridgehead atoms. The lowest BCUT2D eigenvalue weighted by Gasteiger charge is -2.18. The first-order valence-electron chi connectivity index (χ1n) is 9.71. The molecule has 0 saturated carbocycles. The quantitative estimate of drug-likeness (QED) is 0.449. The van der Waals surface area contributed by atoms with Crippen LogP contribution >= 0.6 is 0 Å². The van der Waals surface area contributed by atoms with Crippen molar-refractivity contribution in [2.75, 3.05) is 23.1 Å². The molecular formula is C22H22F2N4O4. The zero-order valence-corrected chi connectivity index (χ0v) is 17.6. The van der Waals surface area contributed by atoms with Crippen LogP contribution in [0.1, 0.15) is 13.8 Å². The van der Waals surface area contributed by atoms with Gasteiger partial charge in [0.2, 0.25) is 5.88 Å². The number of amides is 2. The Labute approximate surface area is 182 Å². The Morgan fingerprint density at radius 1 is 1.03 bits per heavy atom. The van der Waals surface area contributed by atoms with E-state index < -0.39 is 29.7 Å². The standard InChI is InChI=1S/C22H22F2N4O4/c1-12(2)20(21(29)31-3)27-19-11-18(28-32-19)13-4-7-15(8-5-13)25-22(30)26-17-9-6-14(23)10-16(17)24/h4-12,20,27H,1-3H3,(H2,25,26,30). The van der Waals surface area contributed by atoms with Crippen molar-refractivity contribution in [3.63, 3.8) is 0 Å². The first kappa shape index (κ1) is 22.7. The molecule has 10 heteroatoms. The van der Waals surface area contributed by atoms with Crippen LogP contribution in [0.25, 0.3) is 11.3 Å². The van der Waals surface area contributed by atoms with E-state index in [-0.39, 0.29) is 11.6 Å². The number of anilines is 3. The van der Waals surface area contributed by atoms with Crippen LogP contribution in [0, 0.1) is 17.6 Å². The first-order valence-corrected chi connectivity index (χ1v) is 9.71. The van der Waals surface area contributed by atoms with Gasteiger partial charge in [-0.15, -0.1) is 0 Å². The highest BCUT2D eigenvalue weighted by Crippen LogP contribution is 2.25. The van der Waals surface area contributed by atoms with E-state index in [4.69, 9.17) is 9.26 Å². The van der Waals surface area contributed by atoms with Crippen LogP contribution in [0.15, 0.2) is 53.1 Å². The highest BCUT2D eigenvalue weighted by atomic mass is 19.1. The number of benzene rings is 2. The molecular weight excluding hydrogens is 422 g/mol. The summed E-state index contributed by atoms with van der Waals surface area (Å²) in [5.41, 5.74) is 1.52. The maximum atomic E-state index is 13.7. The molecule has 3 N–H and O–H groups in total. The summed E-state index contributed by atoms with van der Waals surface area (Å²) in [7, 11) is 1.32. The second kappa shape index (κ2) is 9.90. The minimum absolute atomic E-state index is 0.0316. The summed E-state index contributed by atoms with van der Waals surface area (Å²) in [6, 6.07) is 9.90. The van der Waals surface area contributed by atoms with Crippen molar-refractivity contribution in [1.29, 1.82) is 0 Å². The second-order valence-electron chi connectivity index (χ2n) is 7.25. The van der Waals surface area contributed by atoms with Gasteiger partial charge in [-0.3, -0.25) is 0 Å². The Bertz CT molecular complexity index is 1100. The molecule has 32 heavy (non-hydrogen) atoms. The molecule has 1 aromatic heterocycles. The van der Waals surface area contributed by atoms with E-state index in [1.165, 1.54) is 7.11 Å². The van der Waals surface area contributed by atoms with Gasteiger partial charge >= 0.3 is 12.0 Å². The second-order valence-corrected chi connectivity index (χ2v) is 7.25. The number of carbonyl (C=O) groups is 2. The molecule has 2 aromatic carbocycles. The molecule has 0 saturated heterocycles. The Balaban J connectivity index is 1.63. The van der Waals surface area contributed by atoms with E-state index in [1.807, 2.05) is 13.8 Å². The number of halogens is 2. The van der Waals surface area contributed by atoms with E-state index in [0.717, 1.165) is 12.1 Å². The van der Waals surface area contributed by atoms with Gasteiger partial charge in [-0.2, -0.15) is 0 Å². The van der Waals surface area contributed by atoms with E-state index >= 15 is 0 Å². The van der Waals surface area contributed by atoms with Gasteiger partial charge < -0.3 is 25.2 Å². The lowest BCUT2D eigenvalue weighted by atomic mass is 10.0. The van der Waals surface area contributed by atoms with Crippen LogP contribution in [0.4, 0.5) is 30.8 Å². The minimum atomic E-state index is -0.877. The molecule has 0 aliphatic carbocycles. The largest absolute Gasteiger partial charge is 0.467 e. The zero-order chi connectivity index (χ0) is 23.3. The summed E-state index contributed by atoms with van der Waals surface area (Å²) in [5.74, 6) is -1.74. The molecule has 3 aromatic rings. The maximum absolute atomic E-state index is 13.7. The van der Waals surface area contributed by atoms with Crippen LogP contribution < -0.4 is 16.0 Å². The summed E-state index contributed by atoms with van der Waals surface area (Å²) >= 11 is 0. The minimum Gasteiger partial charge on any atom is -0.467 e. The molecule has 0 aliphatic heterocycles. The van der Waals surface area contributed by atoms with E-state index in [0.29, 0.717) is 28.9 Å². The van der Waals surface area contributed by atoms with Gasteiger partial charge in [0.1, 0.15) is 23.4 Å². The van der Waals surface area contributed by atoms with Crippen molar-refractivity contribution in [2.45, 2.75) is 19.9 Å². The molecule has 2 amide bonds. The van der Waals surface area contributed by atoms with Gasteiger partial charge in [-0.1, -0.05) is 31.1 Å². The molecule has 0 fully saturated rings. The molecule has 1 atom stereocenters. The SMILES string of the molecule is COC(=O)C(Nc1cc(-c2ccc(NC(=O)Nc3ccc(F)cc3F)cc2)no1)C(C)C. The average Bonchev–Trinajstić information content (AvgIpc) is 3.22. The molecule has 168 valence electrons.